The zero-order chi connectivity index (χ0) is 8.81. The molecule has 0 aromatic carbocycles. The van der Waals surface area contributed by atoms with Gasteiger partial charge in [-0.05, 0) is 18.8 Å². The lowest BCUT2D eigenvalue weighted by atomic mass is 10.2. The summed E-state index contributed by atoms with van der Waals surface area (Å²) in [7, 11) is 0. The summed E-state index contributed by atoms with van der Waals surface area (Å²) in [6, 6.07) is 0. The van der Waals surface area contributed by atoms with Gasteiger partial charge in [-0.2, -0.15) is 0 Å². The molecule has 1 rings (SSSR count). The molecule has 0 saturated carbocycles. The van der Waals surface area contributed by atoms with Crippen molar-refractivity contribution >= 4 is 6.21 Å². The first-order chi connectivity index (χ1) is 5.79. The molecule has 3 nitrogen and oxygen atoms in total. The van der Waals surface area contributed by atoms with Crippen molar-refractivity contribution in [2.24, 2.45) is 11.1 Å². The summed E-state index contributed by atoms with van der Waals surface area (Å²) in [5.74, 6) is 0.439. The molecule has 1 fully saturated rings. The molecule has 1 aliphatic heterocycles. The van der Waals surface area contributed by atoms with Crippen molar-refractivity contribution in [3.63, 3.8) is 0 Å². The van der Waals surface area contributed by atoms with Gasteiger partial charge in [-0.15, -0.1) is 0 Å². The van der Waals surface area contributed by atoms with E-state index < -0.39 is 0 Å². The van der Waals surface area contributed by atoms with E-state index in [1.807, 2.05) is 0 Å². The lowest BCUT2D eigenvalue weighted by Gasteiger charge is -2.19. The zero-order valence-corrected chi connectivity index (χ0v) is 7.82. The number of hydrogen-bond acceptors (Lipinski definition) is 3. The third-order valence-electron chi connectivity index (χ3n) is 1.68. The van der Waals surface area contributed by atoms with E-state index in [1.165, 1.54) is 6.42 Å². The summed E-state index contributed by atoms with van der Waals surface area (Å²) in [6.45, 7) is 4.94. The number of ether oxygens (including phenoxy) is 1. The van der Waals surface area contributed by atoms with Gasteiger partial charge in [0, 0.05) is 12.6 Å². The minimum atomic E-state index is -0.103. The van der Waals surface area contributed by atoms with E-state index in [2.05, 4.69) is 19.0 Å². The van der Waals surface area contributed by atoms with Gasteiger partial charge in [-0.25, -0.2) is 0 Å². The van der Waals surface area contributed by atoms with Gasteiger partial charge < -0.3 is 9.57 Å². The SMILES string of the molecule is CC(C)/C=N/OC1CCCCO1. The van der Waals surface area contributed by atoms with E-state index in [1.54, 1.807) is 6.21 Å². The van der Waals surface area contributed by atoms with Crippen LogP contribution in [-0.4, -0.2) is 19.1 Å². The molecule has 1 atom stereocenters. The topological polar surface area (TPSA) is 30.8 Å². The number of oxime groups is 1. The van der Waals surface area contributed by atoms with Gasteiger partial charge in [0.15, 0.2) is 0 Å². The molecule has 1 saturated heterocycles. The van der Waals surface area contributed by atoms with E-state index in [4.69, 9.17) is 9.57 Å². The van der Waals surface area contributed by atoms with E-state index in [9.17, 15) is 0 Å². The fourth-order valence-electron chi connectivity index (χ4n) is 1.02. The summed E-state index contributed by atoms with van der Waals surface area (Å²) in [6.07, 6.45) is 4.98. The van der Waals surface area contributed by atoms with Gasteiger partial charge in [0.05, 0.1) is 6.61 Å². The summed E-state index contributed by atoms with van der Waals surface area (Å²) < 4.78 is 5.32. The van der Waals surface area contributed by atoms with Crippen LogP contribution < -0.4 is 0 Å². The first-order valence-electron chi connectivity index (χ1n) is 4.60. The number of hydrogen-bond donors (Lipinski definition) is 0. The maximum Gasteiger partial charge on any atom is 0.226 e. The van der Waals surface area contributed by atoms with Crippen LogP contribution in [0.15, 0.2) is 5.16 Å². The first kappa shape index (κ1) is 9.52. The van der Waals surface area contributed by atoms with Gasteiger partial charge in [0.1, 0.15) is 0 Å². The third kappa shape index (κ3) is 3.72. The Labute approximate surface area is 73.7 Å². The molecule has 70 valence electrons. The monoisotopic (exact) mass is 171 g/mol. The highest BCUT2D eigenvalue weighted by Gasteiger charge is 2.13. The number of nitrogens with zero attached hydrogens (tertiary/aromatic N) is 1. The molecule has 0 amide bonds. The Kier molecular flexibility index (Phi) is 4.08. The molecule has 1 heterocycles. The van der Waals surface area contributed by atoms with E-state index in [0.29, 0.717) is 5.92 Å². The fraction of sp³-hybridized carbons (Fsp3) is 0.889. The Morgan fingerprint density at radius 1 is 1.50 bits per heavy atom. The minimum Gasteiger partial charge on any atom is -0.364 e. The molecule has 0 bridgehead atoms. The van der Waals surface area contributed by atoms with Crippen LogP contribution in [0, 0.1) is 5.92 Å². The maximum absolute atomic E-state index is 5.32. The highest BCUT2D eigenvalue weighted by molar-refractivity contribution is 5.58. The molecule has 0 aliphatic carbocycles. The molecule has 0 aromatic rings. The summed E-state index contributed by atoms with van der Waals surface area (Å²) in [5.41, 5.74) is 0. The van der Waals surface area contributed by atoms with Gasteiger partial charge in [0.25, 0.3) is 0 Å². The van der Waals surface area contributed by atoms with Gasteiger partial charge in [-0.3, -0.25) is 0 Å². The lowest BCUT2D eigenvalue weighted by Crippen LogP contribution is -2.20. The third-order valence-corrected chi connectivity index (χ3v) is 1.68. The van der Waals surface area contributed by atoms with Crippen LogP contribution in [0.3, 0.4) is 0 Å². The summed E-state index contributed by atoms with van der Waals surface area (Å²) in [5, 5.41) is 3.84. The van der Waals surface area contributed by atoms with Crippen molar-refractivity contribution in [3.05, 3.63) is 0 Å². The molecular weight excluding hydrogens is 154 g/mol. The van der Waals surface area contributed by atoms with Crippen LogP contribution >= 0.6 is 0 Å². The van der Waals surface area contributed by atoms with Crippen molar-refractivity contribution in [1.82, 2.24) is 0 Å². The van der Waals surface area contributed by atoms with E-state index in [0.717, 1.165) is 19.4 Å². The smallest absolute Gasteiger partial charge is 0.226 e. The fourth-order valence-corrected chi connectivity index (χ4v) is 1.02. The van der Waals surface area contributed by atoms with Crippen LogP contribution in [0.2, 0.25) is 0 Å². The quantitative estimate of drug-likeness (QED) is 0.481. The number of rotatable bonds is 3. The van der Waals surface area contributed by atoms with Crippen molar-refractivity contribution in [3.8, 4) is 0 Å². The maximum atomic E-state index is 5.32. The Morgan fingerprint density at radius 2 is 2.33 bits per heavy atom. The molecular formula is C9H17NO2. The standard InChI is InChI=1S/C9H17NO2/c1-8(2)7-10-12-9-5-3-4-6-11-9/h7-9H,3-6H2,1-2H3/b10-7+. The Hall–Kier alpha value is -0.570. The highest BCUT2D eigenvalue weighted by Crippen LogP contribution is 2.13. The van der Waals surface area contributed by atoms with Gasteiger partial charge in [-0.1, -0.05) is 19.0 Å². The predicted octanol–water partition coefficient (Wildman–Crippen LogP) is 2.17. The van der Waals surface area contributed by atoms with Crippen molar-refractivity contribution in [2.75, 3.05) is 6.61 Å². The Bertz CT molecular complexity index is 139. The second-order valence-corrected chi connectivity index (χ2v) is 3.40. The predicted molar refractivity (Wildman–Crippen MR) is 48.0 cm³/mol. The molecule has 0 N–H and O–H groups in total. The normalized spacial score (nSPS) is 25.1. The summed E-state index contributed by atoms with van der Waals surface area (Å²) >= 11 is 0. The van der Waals surface area contributed by atoms with Gasteiger partial charge >= 0.3 is 0 Å². The average molecular weight is 171 g/mol. The largest absolute Gasteiger partial charge is 0.364 e. The van der Waals surface area contributed by atoms with Gasteiger partial charge in [0.2, 0.25) is 6.29 Å². The van der Waals surface area contributed by atoms with Crippen molar-refractivity contribution < 1.29 is 9.57 Å². The van der Waals surface area contributed by atoms with Crippen LogP contribution in [0.25, 0.3) is 0 Å². The first-order valence-corrected chi connectivity index (χ1v) is 4.60. The average Bonchev–Trinajstić information content (AvgIpc) is 2.05. The zero-order valence-electron chi connectivity index (χ0n) is 7.82. The highest BCUT2D eigenvalue weighted by atomic mass is 16.8. The Morgan fingerprint density at radius 3 is 2.92 bits per heavy atom. The molecule has 0 spiro atoms. The molecule has 1 aliphatic rings. The van der Waals surface area contributed by atoms with E-state index in [-0.39, 0.29) is 6.29 Å². The van der Waals surface area contributed by atoms with Crippen molar-refractivity contribution in [1.29, 1.82) is 0 Å². The second kappa shape index (κ2) is 5.14. The van der Waals surface area contributed by atoms with E-state index >= 15 is 0 Å². The summed E-state index contributed by atoms with van der Waals surface area (Å²) in [4.78, 5) is 5.14. The molecule has 12 heavy (non-hydrogen) atoms. The van der Waals surface area contributed by atoms with Crippen LogP contribution in [0.5, 0.6) is 0 Å². The second-order valence-electron chi connectivity index (χ2n) is 3.40. The van der Waals surface area contributed by atoms with Crippen LogP contribution in [0.4, 0.5) is 0 Å². The molecule has 3 heteroatoms. The Balaban J connectivity index is 2.12. The van der Waals surface area contributed by atoms with Crippen molar-refractivity contribution in [2.45, 2.75) is 39.4 Å². The lowest BCUT2D eigenvalue weighted by molar-refractivity contribution is -0.162. The van der Waals surface area contributed by atoms with Crippen LogP contribution in [0.1, 0.15) is 33.1 Å². The minimum absolute atomic E-state index is 0.103. The molecule has 0 aromatic heterocycles. The molecule has 0 radical (unpaired) electrons. The molecule has 1 unspecified atom stereocenters. The van der Waals surface area contributed by atoms with Crippen LogP contribution in [-0.2, 0) is 9.57 Å².